The quantitative estimate of drug-likeness (QED) is 0.308. The first-order valence-electron chi connectivity index (χ1n) is 14.6. The van der Waals surface area contributed by atoms with Gasteiger partial charge < -0.3 is 15.1 Å². The second kappa shape index (κ2) is 8.55. The fourth-order valence-electron chi connectivity index (χ4n) is 11.7. The number of nitrogens with one attached hydrogen (secondary N) is 1. The highest BCUT2D eigenvalue weighted by Gasteiger charge is 2.72. The number of hydrogen-bond acceptors (Lipinski definition) is 4. The van der Waals surface area contributed by atoms with E-state index < -0.39 is 11.4 Å². The summed E-state index contributed by atoms with van der Waals surface area (Å²) in [6, 6.07) is 0. The molecule has 5 aliphatic carbocycles. The topological polar surface area (TPSA) is 78.8 Å². The SMILES string of the molecule is C=C(CNOC)C1CC[C@]2(C(=O)O)CC[C@]3(C)C(CCC4[C@@]5(C)CC[C@H](O)C(C)(C)C5CC[C@]43C)C12. The third-order valence-corrected chi connectivity index (χ3v) is 13.8. The summed E-state index contributed by atoms with van der Waals surface area (Å²) in [5.41, 5.74) is 4.01. The van der Waals surface area contributed by atoms with Gasteiger partial charge in [-0.15, -0.1) is 0 Å². The number of aliphatic carboxylic acids is 1. The molecule has 0 amide bonds. The van der Waals surface area contributed by atoms with Crippen LogP contribution in [0, 0.1) is 56.7 Å². The number of carboxylic acid groups (broad SMARTS) is 1. The average molecular weight is 502 g/mol. The Bertz CT molecular complexity index is 916. The summed E-state index contributed by atoms with van der Waals surface area (Å²) < 4.78 is 0. The molecule has 5 rings (SSSR count). The summed E-state index contributed by atoms with van der Waals surface area (Å²) in [5, 5.41) is 21.6. The van der Waals surface area contributed by atoms with Gasteiger partial charge in [0.1, 0.15) is 0 Å². The molecule has 204 valence electrons. The van der Waals surface area contributed by atoms with Crippen LogP contribution in [0.3, 0.4) is 0 Å². The van der Waals surface area contributed by atoms with Crippen LogP contribution >= 0.6 is 0 Å². The highest BCUT2D eigenvalue weighted by Crippen LogP contribution is 2.77. The molecule has 0 heterocycles. The molecule has 36 heavy (non-hydrogen) atoms. The average Bonchev–Trinajstić information content (AvgIpc) is 3.22. The summed E-state index contributed by atoms with van der Waals surface area (Å²) in [5.74, 6) is 1.42. The van der Waals surface area contributed by atoms with Gasteiger partial charge in [0.2, 0.25) is 0 Å². The third kappa shape index (κ3) is 3.27. The molecule has 5 aliphatic rings. The van der Waals surface area contributed by atoms with Gasteiger partial charge in [0.05, 0.1) is 18.6 Å². The van der Waals surface area contributed by atoms with E-state index >= 15 is 0 Å². The number of carboxylic acids is 1. The van der Waals surface area contributed by atoms with E-state index in [-0.39, 0.29) is 39.6 Å². The van der Waals surface area contributed by atoms with Gasteiger partial charge in [-0.25, -0.2) is 0 Å². The first-order chi connectivity index (χ1) is 16.8. The summed E-state index contributed by atoms with van der Waals surface area (Å²) in [6.07, 6.45) is 10.1. The van der Waals surface area contributed by atoms with Crippen LogP contribution in [0.15, 0.2) is 12.2 Å². The van der Waals surface area contributed by atoms with E-state index in [1.807, 2.05) is 0 Å². The monoisotopic (exact) mass is 501 g/mol. The lowest BCUT2D eigenvalue weighted by atomic mass is 9.32. The maximum atomic E-state index is 12.9. The number of aliphatic hydroxyl groups excluding tert-OH is 1. The van der Waals surface area contributed by atoms with E-state index in [0.717, 1.165) is 50.5 Å². The van der Waals surface area contributed by atoms with E-state index in [1.54, 1.807) is 7.11 Å². The van der Waals surface area contributed by atoms with Crippen LogP contribution < -0.4 is 5.48 Å². The fourth-order valence-corrected chi connectivity index (χ4v) is 11.7. The molecule has 0 aromatic rings. The minimum Gasteiger partial charge on any atom is -0.481 e. The predicted molar refractivity (Wildman–Crippen MR) is 142 cm³/mol. The number of carbonyl (C=O) groups is 1. The Hall–Kier alpha value is -0.910. The minimum absolute atomic E-state index is 0.0419. The molecular weight excluding hydrogens is 450 g/mol. The molecule has 3 N–H and O–H groups in total. The van der Waals surface area contributed by atoms with E-state index in [9.17, 15) is 15.0 Å². The van der Waals surface area contributed by atoms with Crippen LogP contribution in [0.4, 0.5) is 0 Å². The van der Waals surface area contributed by atoms with Gasteiger partial charge in [-0.1, -0.05) is 46.8 Å². The highest BCUT2D eigenvalue weighted by atomic mass is 16.6. The number of hydrogen-bond donors (Lipinski definition) is 3. The minimum atomic E-state index is -0.605. The summed E-state index contributed by atoms with van der Waals surface area (Å²) in [6.45, 7) is 17.3. The van der Waals surface area contributed by atoms with E-state index in [4.69, 9.17) is 4.84 Å². The molecule has 10 atom stereocenters. The maximum Gasteiger partial charge on any atom is 0.309 e. The van der Waals surface area contributed by atoms with Crippen molar-refractivity contribution in [1.82, 2.24) is 5.48 Å². The Kier molecular flexibility index (Phi) is 6.34. The highest BCUT2D eigenvalue weighted by molar-refractivity contribution is 5.76. The van der Waals surface area contributed by atoms with Gasteiger partial charge >= 0.3 is 5.97 Å². The number of hydroxylamine groups is 1. The van der Waals surface area contributed by atoms with Crippen LogP contribution in [0.5, 0.6) is 0 Å². The van der Waals surface area contributed by atoms with Crippen molar-refractivity contribution in [2.24, 2.45) is 56.7 Å². The molecule has 5 fully saturated rings. The second-order valence-corrected chi connectivity index (χ2v) is 14.9. The number of rotatable bonds is 5. The predicted octanol–water partition coefficient (Wildman–Crippen LogP) is 6.22. The van der Waals surface area contributed by atoms with Crippen LogP contribution in [0.1, 0.15) is 98.8 Å². The molecule has 0 aliphatic heterocycles. The van der Waals surface area contributed by atoms with Crippen molar-refractivity contribution in [3.63, 3.8) is 0 Å². The van der Waals surface area contributed by atoms with Crippen LogP contribution in [0.2, 0.25) is 0 Å². The molecule has 0 saturated heterocycles. The van der Waals surface area contributed by atoms with Crippen molar-refractivity contribution in [3.8, 4) is 0 Å². The molecule has 5 saturated carbocycles. The van der Waals surface area contributed by atoms with Crippen LogP contribution in [-0.2, 0) is 9.63 Å². The molecule has 0 radical (unpaired) electrons. The largest absolute Gasteiger partial charge is 0.481 e. The van der Waals surface area contributed by atoms with E-state index in [1.165, 1.54) is 19.3 Å². The smallest absolute Gasteiger partial charge is 0.309 e. The van der Waals surface area contributed by atoms with Crippen LogP contribution in [-0.4, -0.2) is 35.9 Å². The Morgan fingerprint density at radius 3 is 2.31 bits per heavy atom. The summed E-state index contributed by atoms with van der Waals surface area (Å²) >= 11 is 0. The van der Waals surface area contributed by atoms with E-state index in [0.29, 0.717) is 24.3 Å². The van der Waals surface area contributed by atoms with Gasteiger partial charge in [-0.3, -0.25) is 4.79 Å². The standard InChI is InChI=1S/C31H51NO4/c1-19(18-32-36-7)20-10-15-31(26(34)35)17-16-29(5)21(25(20)31)8-9-23-28(4)13-12-24(33)27(2,3)22(28)11-14-30(23,29)6/h20-25,32-33H,1,8-18H2,2-7H3,(H,34,35)/t20?,21?,22?,23?,24-,25?,28-,29+,30+,31-/m0/s1. The Morgan fingerprint density at radius 1 is 0.917 bits per heavy atom. The van der Waals surface area contributed by atoms with Crippen molar-refractivity contribution < 1.29 is 19.8 Å². The molecule has 5 unspecified atom stereocenters. The fraction of sp³-hybridized carbons (Fsp3) is 0.903. The molecule has 0 bridgehead atoms. The van der Waals surface area contributed by atoms with Gasteiger partial charge in [0, 0.05) is 6.54 Å². The molecular formula is C31H51NO4. The normalized spacial score (nSPS) is 51.4. The van der Waals surface area contributed by atoms with Crippen molar-refractivity contribution >= 4 is 5.97 Å². The molecule has 5 heteroatoms. The van der Waals surface area contributed by atoms with Gasteiger partial charge in [0.15, 0.2) is 0 Å². The molecule has 0 spiro atoms. The Morgan fingerprint density at radius 2 is 1.64 bits per heavy atom. The summed E-state index contributed by atoms with van der Waals surface area (Å²) in [4.78, 5) is 18.1. The lowest BCUT2D eigenvalue weighted by molar-refractivity contribution is -0.248. The Balaban J connectivity index is 1.53. The third-order valence-electron chi connectivity index (χ3n) is 13.8. The van der Waals surface area contributed by atoms with Crippen molar-refractivity contribution in [1.29, 1.82) is 0 Å². The van der Waals surface area contributed by atoms with Crippen molar-refractivity contribution in [2.75, 3.05) is 13.7 Å². The first kappa shape index (κ1) is 26.7. The Labute approximate surface area is 218 Å². The number of aliphatic hydroxyl groups is 1. The van der Waals surface area contributed by atoms with Gasteiger partial charge in [0.25, 0.3) is 0 Å². The summed E-state index contributed by atoms with van der Waals surface area (Å²) in [7, 11) is 1.63. The molecule has 5 nitrogen and oxygen atoms in total. The van der Waals surface area contributed by atoms with Crippen molar-refractivity contribution in [3.05, 3.63) is 12.2 Å². The van der Waals surface area contributed by atoms with E-state index in [2.05, 4.69) is 46.7 Å². The zero-order valence-electron chi connectivity index (χ0n) is 23.7. The first-order valence-corrected chi connectivity index (χ1v) is 14.6. The maximum absolute atomic E-state index is 12.9. The van der Waals surface area contributed by atoms with Crippen molar-refractivity contribution in [2.45, 2.75) is 105 Å². The molecule has 0 aromatic carbocycles. The second-order valence-electron chi connectivity index (χ2n) is 14.9. The lowest BCUT2D eigenvalue weighted by Gasteiger charge is -2.72. The lowest BCUT2D eigenvalue weighted by Crippen LogP contribution is -2.67. The molecule has 0 aromatic heterocycles. The zero-order chi connectivity index (χ0) is 26.3. The number of fused-ring (bicyclic) bond motifs is 7. The van der Waals surface area contributed by atoms with Crippen LogP contribution in [0.25, 0.3) is 0 Å². The zero-order valence-corrected chi connectivity index (χ0v) is 23.7. The van der Waals surface area contributed by atoms with Gasteiger partial charge in [-0.05, 0) is 115 Å². The van der Waals surface area contributed by atoms with Gasteiger partial charge in [-0.2, -0.15) is 5.48 Å².